The van der Waals surface area contributed by atoms with Crippen molar-refractivity contribution in [1.29, 1.82) is 0 Å². The predicted molar refractivity (Wildman–Crippen MR) is 101 cm³/mol. The number of allylic oxidation sites excluding steroid dienone is 2. The van der Waals surface area contributed by atoms with Gasteiger partial charge in [0.1, 0.15) is 6.04 Å². The van der Waals surface area contributed by atoms with E-state index in [4.69, 9.17) is 0 Å². The maximum atomic E-state index is 11.6. The van der Waals surface area contributed by atoms with Crippen molar-refractivity contribution >= 4 is 17.9 Å². The molecule has 0 saturated heterocycles. The lowest BCUT2D eigenvalue weighted by Gasteiger charge is -2.49. The summed E-state index contributed by atoms with van der Waals surface area (Å²) in [7, 11) is 0. The molecule has 2 N–H and O–H groups in total. The minimum atomic E-state index is -1.44. The molecule has 3 atom stereocenters. The Bertz CT molecular complexity index is 466. The maximum Gasteiger partial charge on any atom is 0.362 e. The van der Waals surface area contributed by atoms with E-state index in [-0.39, 0.29) is 6.54 Å². The number of aliphatic carboxylic acids is 3. The van der Waals surface area contributed by atoms with Crippen molar-refractivity contribution in [3.05, 3.63) is 12.2 Å². The van der Waals surface area contributed by atoms with Gasteiger partial charge in [-0.2, -0.15) is 0 Å². The summed E-state index contributed by atoms with van der Waals surface area (Å²) in [6.45, 7) is 6.35. The Morgan fingerprint density at radius 2 is 1.33 bits per heavy atom. The predicted octanol–water partition coefficient (Wildman–Crippen LogP) is 2.19. The molecule has 0 bridgehead atoms. The number of carboxylic acid groups (broad SMARTS) is 3. The molecule has 0 aromatic carbocycles. The first kappa shape index (κ1) is 25.1. The highest BCUT2D eigenvalue weighted by Gasteiger charge is 2.50. The summed E-state index contributed by atoms with van der Waals surface area (Å²) < 4.78 is -0.572. The molecule has 0 heterocycles. The van der Waals surface area contributed by atoms with Crippen LogP contribution < -0.4 is 5.11 Å². The van der Waals surface area contributed by atoms with Crippen molar-refractivity contribution in [2.45, 2.75) is 90.8 Å². The first-order chi connectivity index (χ1) is 12.6. The highest BCUT2D eigenvalue weighted by molar-refractivity contribution is 5.76. The van der Waals surface area contributed by atoms with E-state index in [1.807, 2.05) is 6.08 Å². The normalized spacial score (nSPS) is 17.2. The minimum Gasteiger partial charge on any atom is -0.544 e. The van der Waals surface area contributed by atoms with Crippen molar-refractivity contribution in [1.82, 2.24) is 0 Å². The van der Waals surface area contributed by atoms with Gasteiger partial charge in [0, 0.05) is 6.42 Å². The number of quaternary nitrogens is 1. The number of carbonyl (C=O) groups is 3. The average Bonchev–Trinajstić information content (AvgIpc) is 2.61. The Morgan fingerprint density at radius 3 is 1.74 bits per heavy atom. The molecule has 156 valence electrons. The van der Waals surface area contributed by atoms with Crippen LogP contribution in [0.4, 0.5) is 0 Å². The molecule has 7 heteroatoms. The lowest BCUT2D eigenvalue weighted by atomic mass is 10.0. The summed E-state index contributed by atoms with van der Waals surface area (Å²) in [6, 6.07) is -3.61. The monoisotopic (exact) mass is 385 g/mol. The Morgan fingerprint density at radius 1 is 0.852 bits per heavy atom. The molecular formula is C20H35NO6. The van der Waals surface area contributed by atoms with Crippen LogP contribution in [0.15, 0.2) is 12.2 Å². The number of nitrogens with zero attached hydrogens (tertiary/aromatic N) is 1. The van der Waals surface area contributed by atoms with E-state index in [2.05, 4.69) is 13.0 Å². The van der Waals surface area contributed by atoms with Gasteiger partial charge in [-0.25, -0.2) is 9.59 Å². The summed E-state index contributed by atoms with van der Waals surface area (Å²) in [5, 5.41) is 30.5. The van der Waals surface area contributed by atoms with Crippen LogP contribution in [0.5, 0.6) is 0 Å². The molecule has 0 spiro atoms. The van der Waals surface area contributed by atoms with Crippen molar-refractivity contribution < 1.29 is 34.2 Å². The van der Waals surface area contributed by atoms with E-state index in [1.54, 1.807) is 0 Å². The number of hydrogen-bond acceptors (Lipinski definition) is 4. The van der Waals surface area contributed by atoms with Crippen LogP contribution in [0, 0.1) is 0 Å². The van der Waals surface area contributed by atoms with Gasteiger partial charge in [-0.05, 0) is 40.0 Å². The van der Waals surface area contributed by atoms with Gasteiger partial charge < -0.3 is 20.1 Å². The largest absolute Gasteiger partial charge is 0.544 e. The molecule has 0 radical (unpaired) electrons. The van der Waals surface area contributed by atoms with Gasteiger partial charge in [0.25, 0.3) is 0 Å². The molecule has 0 aliphatic carbocycles. The van der Waals surface area contributed by atoms with Gasteiger partial charge in [0.15, 0.2) is 12.1 Å². The Hall–Kier alpha value is -1.89. The Balaban J connectivity index is 5.19. The molecule has 0 fully saturated rings. The van der Waals surface area contributed by atoms with E-state index in [9.17, 15) is 29.7 Å². The lowest BCUT2D eigenvalue weighted by molar-refractivity contribution is -0.969. The molecule has 3 unspecified atom stereocenters. The SMILES string of the molecule is CCCCCC/C=C/CCC[N+](C(C)C(=O)[O-])(C(C)C(=O)O)C(C)C(=O)O. The fourth-order valence-corrected chi connectivity index (χ4v) is 3.60. The highest BCUT2D eigenvalue weighted by atomic mass is 16.4. The lowest BCUT2D eigenvalue weighted by Crippen LogP contribution is -2.71. The second kappa shape index (κ2) is 12.5. The Labute approximate surface area is 162 Å². The summed E-state index contributed by atoms with van der Waals surface area (Å²) in [5.74, 6) is -3.88. The van der Waals surface area contributed by atoms with Crippen LogP contribution in [0.1, 0.15) is 72.6 Å². The van der Waals surface area contributed by atoms with Crippen LogP contribution in [0.3, 0.4) is 0 Å². The third-order valence-electron chi connectivity index (χ3n) is 5.53. The first-order valence-electron chi connectivity index (χ1n) is 9.81. The molecule has 0 saturated carbocycles. The summed E-state index contributed by atoms with van der Waals surface area (Å²) >= 11 is 0. The standard InChI is InChI=1S/C20H35NO6/c1-5-6-7-8-9-10-11-12-13-14-21(15(2)18(22)23,16(3)19(24)25)17(4)20(26)27/h10-11,15-17H,5-9,12-14H2,1-4H3,(H2-,22,23,24,25,26,27)/b11-10+. The average molecular weight is 386 g/mol. The molecule has 0 aliphatic heterocycles. The molecule has 0 aromatic rings. The van der Waals surface area contributed by atoms with Crippen LogP contribution >= 0.6 is 0 Å². The van der Waals surface area contributed by atoms with Gasteiger partial charge >= 0.3 is 11.9 Å². The van der Waals surface area contributed by atoms with Crippen molar-refractivity contribution in [2.75, 3.05) is 6.54 Å². The fraction of sp³-hybridized carbons (Fsp3) is 0.750. The first-order valence-corrected chi connectivity index (χ1v) is 9.81. The topological polar surface area (TPSA) is 115 Å². The zero-order valence-corrected chi connectivity index (χ0v) is 17.0. The van der Waals surface area contributed by atoms with Crippen LogP contribution in [0.25, 0.3) is 0 Å². The van der Waals surface area contributed by atoms with E-state index < -0.39 is 40.5 Å². The molecule has 0 rings (SSSR count). The second-order valence-corrected chi connectivity index (χ2v) is 7.20. The quantitative estimate of drug-likeness (QED) is 0.254. The molecule has 27 heavy (non-hydrogen) atoms. The summed E-state index contributed by atoms with van der Waals surface area (Å²) in [5.41, 5.74) is 0. The van der Waals surface area contributed by atoms with E-state index >= 15 is 0 Å². The van der Waals surface area contributed by atoms with Crippen molar-refractivity contribution in [3.63, 3.8) is 0 Å². The summed E-state index contributed by atoms with van der Waals surface area (Å²) in [6.07, 6.45) is 10.9. The maximum absolute atomic E-state index is 11.6. The number of carbonyl (C=O) groups excluding carboxylic acids is 1. The highest BCUT2D eigenvalue weighted by Crippen LogP contribution is 2.27. The Kier molecular flexibility index (Phi) is 11.6. The smallest absolute Gasteiger partial charge is 0.362 e. The van der Waals surface area contributed by atoms with Gasteiger partial charge in [-0.15, -0.1) is 0 Å². The van der Waals surface area contributed by atoms with Crippen LogP contribution in [-0.2, 0) is 14.4 Å². The van der Waals surface area contributed by atoms with Crippen molar-refractivity contribution in [2.24, 2.45) is 0 Å². The number of carboxylic acids is 3. The van der Waals surface area contributed by atoms with Gasteiger partial charge in [-0.1, -0.05) is 38.3 Å². The third kappa shape index (κ3) is 7.33. The fourth-order valence-electron chi connectivity index (χ4n) is 3.60. The molecule has 0 aliphatic rings. The van der Waals surface area contributed by atoms with Crippen LogP contribution in [0.2, 0.25) is 0 Å². The van der Waals surface area contributed by atoms with E-state index in [0.717, 1.165) is 12.8 Å². The minimum absolute atomic E-state index is 0.135. The molecule has 0 amide bonds. The summed E-state index contributed by atoms with van der Waals surface area (Å²) in [4.78, 5) is 34.8. The van der Waals surface area contributed by atoms with Gasteiger partial charge in [0.05, 0.1) is 12.5 Å². The molecular weight excluding hydrogens is 350 g/mol. The third-order valence-corrected chi connectivity index (χ3v) is 5.53. The number of rotatable bonds is 15. The van der Waals surface area contributed by atoms with Crippen molar-refractivity contribution in [3.8, 4) is 0 Å². The second-order valence-electron chi connectivity index (χ2n) is 7.20. The van der Waals surface area contributed by atoms with Crippen LogP contribution in [-0.4, -0.2) is 57.3 Å². The van der Waals surface area contributed by atoms with E-state index in [0.29, 0.717) is 12.8 Å². The zero-order chi connectivity index (χ0) is 21.0. The number of unbranched alkanes of at least 4 members (excludes halogenated alkanes) is 5. The molecule has 7 nitrogen and oxygen atoms in total. The van der Waals surface area contributed by atoms with Gasteiger partial charge in [0.2, 0.25) is 0 Å². The number of hydrogen-bond donors (Lipinski definition) is 2. The zero-order valence-electron chi connectivity index (χ0n) is 17.0. The van der Waals surface area contributed by atoms with Gasteiger partial charge in [-0.3, -0.25) is 4.48 Å². The molecule has 0 aromatic heterocycles. The van der Waals surface area contributed by atoms with E-state index in [1.165, 1.54) is 40.0 Å².